The number of carbonyl (C=O) groups excluding carboxylic acids is 2. The molecule has 0 radical (unpaired) electrons. The van der Waals surface area contributed by atoms with E-state index in [-0.39, 0.29) is 24.5 Å². The third-order valence-electron chi connectivity index (χ3n) is 5.03. The molecule has 7 heteroatoms. The summed E-state index contributed by atoms with van der Waals surface area (Å²) in [6.07, 6.45) is 1.39. The molecule has 1 N–H and O–H groups in total. The van der Waals surface area contributed by atoms with Crippen molar-refractivity contribution in [1.82, 2.24) is 10.2 Å². The zero-order valence-corrected chi connectivity index (χ0v) is 18.0. The topological polar surface area (TPSA) is 58.6 Å². The Kier molecular flexibility index (Phi) is 7.04. The molecule has 3 rings (SSSR count). The van der Waals surface area contributed by atoms with Gasteiger partial charge in [0.2, 0.25) is 0 Å². The van der Waals surface area contributed by atoms with Gasteiger partial charge in [-0.15, -0.1) is 0 Å². The predicted octanol–water partition coefficient (Wildman–Crippen LogP) is 4.41. The largest absolute Gasteiger partial charge is 0.484 e. The lowest BCUT2D eigenvalue weighted by Gasteiger charge is -2.32. The molecule has 0 bridgehead atoms. The molecule has 0 aromatic heterocycles. The van der Waals surface area contributed by atoms with Crippen molar-refractivity contribution in [2.24, 2.45) is 0 Å². The van der Waals surface area contributed by atoms with E-state index < -0.39 is 0 Å². The van der Waals surface area contributed by atoms with Gasteiger partial charge in [0.1, 0.15) is 5.75 Å². The molecule has 2 amide bonds. The SMILES string of the molecule is Cc1cc(OCC(=O)NC2CCN(C(=O)c3ccccc3Cl)CC2)cc(C)c1Cl. The zero-order valence-electron chi connectivity index (χ0n) is 16.5. The number of halogens is 2. The molecule has 0 aliphatic carbocycles. The molecule has 0 spiro atoms. The normalized spacial score (nSPS) is 14.6. The Hall–Kier alpha value is -2.24. The van der Waals surface area contributed by atoms with E-state index in [9.17, 15) is 9.59 Å². The maximum Gasteiger partial charge on any atom is 0.258 e. The minimum absolute atomic E-state index is 0.0232. The van der Waals surface area contributed by atoms with Gasteiger partial charge in [-0.05, 0) is 62.1 Å². The van der Waals surface area contributed by atoms with E-state index in [1.165, 1.54) is 0 Å². The summed E-state index contributed by atoms with van der Waals surface area (Å²) in [4.78, 5) is 26.6. The molecule has 2 aromatic carbocycles. The summed E-state index contributed by atoms with van der Waals surface area (Å²) in [5.74, 6) is 0.378. The number of hydrogen-bond acceptors (Lipinski definition) is 3. The summed E-state index contributed by atoms with van der Waals surface area (Å²) >= 11 is 12.3. The van der Waals surface area contributed by atoms with Crippen molar-refractivity contribution in [3.05, 3.63) is 63.1 Å². The van der Waals surface area contributed by atoms with Crippen LogP contribution in [-0.2, 0) is 4.79 Å². The molecule has 154 valence electrons. The smallest absolute Gasteiger partial charge is 0.258 e. The van der Waals surface area contributed by atoms with Crippen LogP contribution in [0.4, 0.5) is 0 Å². The molecule has 2 aromatic rings. The highest BCUT2D eigenvalue weighted by Gasteiger charge is 2.25. The van der Waals surface area contributed by atoms with Gasteiger partial charge in [0.15, 0.2) is 6.61 Å². The van der Waals surface area contributed by atoms with Crippen molar-refractivity contribution >= 4 is 35.0 Å². The van der Waals surface area contributed by atoms with E-state index in [1.807, 2.05) is 26.0 Å². The first-order valence-electron chi connectivity index (χ1n) is 9.58. The average Bonchev–Trinajstić information content (AvgIpc) is 2.71. The van der Waals surface area contributed by atoms with Crippen LogP contribution in [-0.4, -0.2) is 42.5 Å². The zero-order chi connectivity index (χ0) is 21.0. The molecular formula is C22H24Cl2N2O3. The van der Waals surface area contributed by atoms with E-state index in [2.05, 4.69) is 5.32 Å². The Morgan fingerprint density at radius 1 is 1.10 bits per heavy atom. The van der Waals surface area contributed by atoms with Crippen molar-refractivity contribution in [2.75, 3.05) is 19.7 Å². The average molecular weight is 435 g/mol. The van der Waals surface area contributed by atoms with Gasteiger partial charge < -0.3 is 15.0 Å². The summed E-state index contributed by atoms with van der Waals surface area (Å²) in [7, 11) is 0. The number of amides is 2. The van der Waals surface area contributed by atoms with Crippen LogP contribution < -0.4 is 10.1 Å². The molecule has 0 atom stereocenters. The molecule has 0 unspecified atom stereocenters. The lowest BCUT2D eigenvalue weighted by Crippen LogP contribution is -2.47. The fraction of sp³-hybridized carbons (Fsp3) is 0.364. The molecule has 1 heterocycles. The minimum atomic E-state index is -0.175. The molecule has 1 aliphatic heterocycles. The first kappa shape index (κ1) is 21.5. The highest BCUT2D eigenvalue weighted by atomic mass is 35.5. The third kappa shape index (κ3) is 5.43. The number of benzene rings is 2. The van der Waals surface area contributed by atoms with Gasteiger partial charge in [0.25, 0.3) is 11.8 Å². The van der Waals surface area contributed by atoms with Crippen molar-refractivity contribution < 1.29 is 14.3 Å². The van der Waals surface area contributed by atoms with E-state index in [4.69, 9.17) is 27.9 Å². The van der Waals surface area contributed by atoms with Crippen LogP contribution in [0, 0.1) is 13.8 Å². The number of rotatable bonds is 5. The quantitative estimate of drug-likeness (QED) is 0.757. The molecular weight excluding hydrogens is 411 g/mol. The molecule has 1 saturated heterocycles. The van der Waals surface area contributed by atoms with Crippen LogP contribution in [0.1, 0.15) is 34.3 Å². The van der Waals surface area contributed by atoms with Crippen molar-refractivity contribution in [3.63, 3.8) is 0 Å². The second kappa shape index (κ2) is 9.51. The van der Waals surface area contributed by atoms with Crippen molar-refractivity contribution in [1.29, 1.82) is 0 Å². The minimum Gasteiger partial charge on any atom is -0.484 e. The summed E-state index contributed by atoms with van der Waals surface area (Å²) in [6.45, 7) is 4.90. The standard InChI is InChI=1S/C22H24Cl2N2O3/c1-14-11-17(12-15(2)21(14)24)29-13-20(27)25-16-7-9-26(10-8-16)22(28)18-5-3-4-6-19(18)23/h3-6,11-12,16H,7-10,13H2,1-2H3,(H,25,27). The number of likely N-dealkylation sites (tertiary alicyclic amines) is 1. The fourth-order valence-electron chi connectivity index (χ4n) is 3.44. The Morgan fingerprint density at radius 3 is 2.34 bits per heavy atom. The maximum absolute atomic E-state index is 12.6. The number of ether oxygens (including phenoxy) is 1. The Morgan fingerprint density at radius 2 is 1.72 bits per heavy atom. The lowest BCUT2D eigenvalue weighted by molar-refractivity contribution is -0.124. The Balaban J connectivity index is 1.46. The van der Waals surface area contributed by atoms with Crippen LogP contribution in [0.15, 0.2) is 36.4 Å². The first-order chi connectivity index (χ1) is 13.8. The summed E-state index contributed by atoms with van der Waals surface area (Å²) in [5, 5.41) is 4.15. The number of carbonyl (C=O) groups is 2. The van der Waals surface area contributed by atoms with Crippen LogP contribution >= 0.6 is 23.2 Å². The highest BCUT2D eigenvalue weighted by molar-refractivity contribution is 6.33. The van der Waals surface area contributed by atoms with Gasteiger partial charge in [-0.25, -0.2) is 0 Å². The van der Waals surface area contributed by atoms with Crippen LogP contribution in [0.5, 0.6) is 5.75 Å². The molecule has 29 heavy (non-hydrogen) atoms. The molecule has 0 saturated carbocycles. The highest BCUT2D eigenvalue weighted by Crippen LogP contribution is 2.26. The van der Waals surface area contributed by atoms with Crippen molar-refractivity contribution in [3.8, 4) is 5.75 Å². The maximum atomic E-state index is 12.6. The van der Waals surface area contributed by atoms with E-state index >= 15 is 0 Å². The van der Waals surface area contributed by atoms with E-state index in [0.29, 0.717) is 47.3 Å². The number of piperidine rings is 1. The van der Waals surface area contributed by atoms with Gasteiger partial charge in [-0.3, -0.25) is 9.59 Å². The fourth-order valence-corrected chi connectivity index (χ4v) is 3.77. The molecule has 5 nitrogen and oxygen atoms in total. The number of nitrogens with zero attached hydrogens (tertiary/aromatic N) is 1. The lowest BCUT2D eigenvalue weighted by atomic mass is 10.0. The Labute approximate surface area is 180 Å². The summed E-state index contributed by atoms with van der Waals surface area (Å²) in [5.41, 5.74) is 2.34. The van der Waals surface area contributed by atoms with E-state index in [0.717, 1.165) is 11.1 Å². The van der Waals surface area contributed by atoms with Gasteiger partial charge >= 0.3 is 0 Å². The van der Waals surface area contributed by atoms with Crippen LogP contribution in [0.2, 0.25) is 10.0 Å². The molecule has 1 aliphatic rings. The first-order valence-corrected chi connectivity index (χ1v) is 10.3. The van der Waals surface area contributed by atoms with Crippen LogP contribution in [0.25, 0.3) is 0 Å². The monoisotopic (exact) mass is 434 g/mol. The number of aryl methyl sites for hydroxylation is 2. The van der Waals surface area contributed by atoms with Crippen LogP contribution in [0.3, 0.4) is 0 Å². The third-order valence-corrected chi connectivity index (χ3v) is 5.96. The van der Waals surface area contributed by atoms with Gasteiger partial charge in [0.05, 0.1) is 10.6 Å². The summed E-state index contributed by atoms with van der Waals surface area (Å²) in [6, 6.07) is 10.7. The van der Waals surface area contributed by atoms with Gasteiger partial charge in [-0.1, -0.05) is 35.3 Å². The number of nitrogens with one attached hydrogen (secondary N) is 1. The molecule has 1 fully saturated rings. The van der Waals surface area contributed by atoms with Crippen molar-refractivity contribution in [2.45, 2.75) is 32.7 Å². The predicted molar refractivity (Wildman–Crippen MR) is 115 cm³/mol. The second-order valence-electron chi connectivity index (χ2n) is 7.27. The number of hydrogen-bond donors (Lipinski definition) is 1. The Bertz CT molecular complexity index is 886. The van der Waals surface area contributed by atoms with E-state index in [1.54, 1.807) is 29.2 Å². The van der Waals surface area contributed by atoms with Gasteiger partial charge in [-0.2, -0.15) is 0 Å². The second-order valence-corrected chi connectivity index (χ2v) is 8.06. The summed E-state index contributed by atoms with van der Waals surface area (Å²) < 4.78 is 5.61. The van der Waals surface area contributed by atoms with Gasteiger partial charge in [0, 0.05) is 24.2 Å².